The molecule has 0 bridgehead atoms. The first-order valence-corrected chi connectivity index (χ1v) is 5.47. The number of carbonyl (C=O) groups is 1. The number of rotatable bonds is 7. The van der Waals surface area contributed by atoms with Gasteiger partial charge in [-0.25, -0.2) is 4.79 Å². The van der Waals surface area contributed by atoms with Gasteiger partial charge in [0.1, 0.15) is 0 Å². The molecule has 0 saturated carbocycles. The summed E-state index contributed by atoms with van der Waals surface area (Å²) in [7, 11) is 0. The van der Waals surface area contributed by atoms with Crippen molar-refractivity contribution in [2.45, 2.75) is 46.8 Å². The second kappa shape index (κ2) is 7.46. The van der Waals surface area contributed by atoms with Crippen molar-refractivity contribution in [3.63, 3.8) is 0 Å². The standard InChI is InChI=1S/C12H22O3/c1-6-7-8-14-12(10(4)5)15-11(13)9(2)3/h10,12H,2,6-8H2,1,3-5H3. The predicted octanol–water partition coefficient (Wildman–Crippen LogP) is 2.90. The Kier molecular flexibility index (Phi) is 7.05. The Morgan fingerprint density at radius 1 is 1.40 bits per heavy atom. The largest absolute Gasteiger partial charge is 0.432 e. The van der Waals surface area contributed by atoms with Crippen LogP contribution in [0.15, 0.2) is 12.2 Å². The molecule has 0 amide bonds. The van der Waals surface area contributed by atoms with E-state index < -0.39 is 6.29 Å². The minimum Gasteiger partial charge on any atom is -0.432 e. The fourth-order valence-electron chi connectivity index (χ4n) is 0.912. The number of hydrogen-bond donors (Lipinski definition) is 0. The average Bonchev–Trinajstić information content (AvgIpc) is 2.15. The highest BCUT2D eigenvalue weighted by Gasteiger charge is 2.18. The van der Waals surface area contributed by atoms with Gasteiger partial charge in [-0.2, -0.15) is 0 Å². The molecule has 0 aliphatic rings. The molecule has 3 nitrogen and oxygen atoms in total. The van der Waals surface area contributed by atoms with Crippen LogP contribution in [0.4, 0.5) is 0 Å². The van der Waals surface area contributed by atoms with Crippen molar-refractivity contribution in [1.82, 2.24) is 0 Å². The molecule has 0 aromatic heterocycles. The molecule has 0 aliphatic heterocycles. The van der Waals surface area contributed by atoms with E-state index in [1.807, 2.05) is 13.8 Å². The van der Waals surface area contributed by atoms with Crippen LogP contribution >= 0.6 is 0 Å². The Labute approximate surface area is 92.5 Å². The molecular formula is C12H22O3. The molecule has 88 valence electrons. The molecule has 0 aromatic carbocycles. The van der Waals surface area contributed by atoms with E-state index in [9.17, 15) is 4.79 Å². The zero-order valence-corrected chi connectivity index (χ0v) is 10.2. The Bertz CT molecular complexity index is 209. The van der Waals surface area contributed by atoms with Crippen molar-refractivity contribution in [3.8, 4) is 0 Å². The lowest BCUT2D eigenvalue weighted by Crippen LogP contribution is -2.27. The molecule has 1 unspecified atom stereocenters. The van der Waals surface area contributed by atoms with Crippen LogP contribution in [-0.4, -0.2) is 18.9 Å². The summed E-state index contributed by atoms with van der Waals surface area (Å²) in [4.78, 5) is 11.3. The van der Waals surface area contributed by atoms with Crippen LogP contribution in [0.2, 0.25) is 0 Å². The molecule has 0 fully saturated rings. The first-order valence-electron chi connectivity index (χ1n) is 5.47. The highest BCUT2D eigenvalue weighted by molar-refractivity contribution is 5.87. The van der Waals surface area contributed by atoms with Crippen LogP contribution in [0, 0.1) is 5.92 Å². The molecule has 0 radical (unpaired) electrons. The van der Waals surface area contributed by atoms with E-state index in [0.717, 1.165) is 12.8 Å². The summed E-state index contributed by atoms with van der Waals surface area (Å²) in [6, 6.07) is 0. The van der Waals surface area contributed by atoms with Crippen LogP contribution in [0.5, 0.6) is 0 Å². The Morgan fingerprint density at radius 3 is 2.40 bits per heavy atom. The predicted molar refractivity (Wildman–Crippen MR) is 60.4 cm³/mol. The van der Waals surface area contributed by atoms with E-state index in [0.29, 0.717) is 12.2 Å². The molecule has 3 heteroatoms. The molecule has 0 saturated heterocycles. The molecule has 0 N–H and O–H groups in total. The van der Waals surface area contributed by atoms with Crippen molar-refractivity contribution in [3.05, 3.63) is 12.2 Å². The second-order valence-corrected chi connectivity index (χ2v) is 4.02. The fraction of sp³-hybridized carbons (Fsp3) is 0.750. The summed E-state index contributed by atoms with van der Waals surface area (Å²) >= 11 is 0. The SMILES string of the molecule is C=C(C)C(=O)OC(OCCCC)C(C)C. The summed E-state index contributed by atoms with van der Waals surface area (Å²) < 4.78 is 10.6. The van der Waals surface area contributed by atoms with E-state index in [-0.39, 0.29) is 11.9 Å². The van der Waals surface area contributed by atoms with Gasteiger partial charge >= 0.3 is 5.97 Å². The van der Waals surface area contributed by atoms with E-state index in [2.05, 4.69) is 13.5 Å². The van der Waals surface area contributed by atoms with Crippen LogP contribution in [0.3, 0.4) is 0 Å². The van der Waals surface area contributed by atoms with E-state index in [1.165, 1.54) is 0 Å². The Balaban J connectivity index is 4.04. The fourth-order valence-corrected chi connectivity index (χ4v) is 0.912. The van der Waals surface area contributed by atoms with Crippen LogP contribution < -0.4 is 0 Å². The highest BCUT2D eigenvalue weighted by Crippen LogP contribution is 2.11. The molecule has 0 rings (SSSR count). The topological polar surface area (TPSA) is 35.5 Å². The smallest absolute Gasteiger partial charge is 0.335 e. The summed E-state index contributed by atoms with van der Waals surface area (Å²) in [5.74, 6) is -0.227. The molecular weight excluding hydrogens is 192 g/mol. The van der Waals surface area contributed by atoms with Gasteiger partial charge in [-0.15, -0.1) is 0 Å². The number of unbranched alkanes of at least 4 members (excludes halogenated alkanes) is 1. The molecule has 0 spiro atoms. The van der Waals surface area contributed by atoms with Gasteiger partial charge in [0.15, 0.2) is 0 Å². The lowest BCUT2D eigenvalue weighted by atomic mass is 10.2. The average molecular weight is 214 g/mol. The lowest BCUT2D eigenvalue weighted by molar-refractivity contribution is -0.184. The number of esters is 1. The lowest BCUT2D eigenvalue weighted by Gasteiger charge is -2.21. The third-order valence-corrected chi connectivity index (χ3v) is 1.90. The van der Waals surface area contributed by atoms with Gasteiger partial charge in [0.2, 0.25) is 6.29 Å². The minimum atomic E-state index is -0.458. The van der Waals surface area contributed by atoms with E-state index in [4.69, 9.17) is 9.47 Å². The van der Waals surface area contributed by atoms with Gasteiger partial charge in [0.05, 0.1) is 6.61 Å². The number of carbonyl (C=O) groups excluding carboxylic acids is 1. The van der Waals surface area contributed by atoms with Gasteiger partial charge in [0, 0.05) is 11.5 Å². The van der Waals surface area contributed by atoms with Crippen LogP contribution in [-0.2, 0) is 14.3 Å². The first kappa shape index (κ1) is 14.2. The molecule has 0 aliphatic carbocycles. The third kappa shape index (κ3) is 6.28. The zero-order chi connectivity index (χ0) is 11.8. The van der Waals surface area contributed by atoms with Crippen molar-refractivity contribution in [2.24, 2.45) is 5.92 Å². The molecule has 1 atom stereocenters. The zero-order valence-electron chi connectivity index (χ0n) is 10.2. The molecule has 0 aromatic rings. The van der Waals surface area contributed by atoms with Gasteiger partial charge in [-0.05, 0) is 13.3 Å². The van der Waals surface area contributed by atoms with Gasteiger partial charge in [0.25, 0.3) is 0 Å². The van der Waals surface area contributed by atoms with E-state index in [1.54, 1.807) is 6.92 Å². The Morgan fingerprint density at radius 2 is 2.00 bits per heavy atom. The quantitative estimate of drug-likeness (QED) is 0.283. The Hall–Kier alpha value is -0.830. The third-order valence-electron chi connectivity index (χ3n) is 1.90. The second-order valence-electron chi connectivity index (χ2n) is 4.02. The summed E-state index contributed by atoms with van der Waals surface area (Å²) in [5.41, 5.74) is 0.403. The number of ether oxygens (including phenoxy) is 2. The van der Waals surface area contributed by atoms with Crippen molar-refractivity contribution >= 4 is 5.97 Å². The maximum Gasteiger partial charge on any atom is 0.335 e. The number of hydrogen-bond acceptors (Lipinski definition) is 3. The van der Waals surface area contributed by atoms with Gasteiger partial charge in [-0.1, -0.05) is 33.8 Å². The van der Waals surface area contributed by atoms with Crippen molar-refractivity contribution in [2.75, 3.05) is 6.61 Å². The summed E-state index contributed by atoms with van der Waals surface area (Å²) in [6.07, 6.45) is 1.59. The maximum atomic E-state index is 11.3. The van der Waals surface area contributed by atoms with Crippen molar-refractivity contribution in [1.29, 1.82) is 0 Å². The normalized spacial score (nSPS) is 12.6. The van der Waals surface area contributed by atoms with Crippen molar-refractivity contribution < 1.29 is 14.3 Å². The summed E-state index contributed by atoms with van der Waals surface area (Å²) in [5, 5.41) is 0. The summed E-state index contributed by atoms with van der Waals surface area (Å²) in [6.45, 7) is 11.8. The molecule has 0 heterocycles. The van der Waals surface area contributed by atoms with Crippen LogP contribution in [0.1, 0.15) is 40.5 Å². The molecule has 15 heavy (non-hydrogen) atoms. The first-order chi connectivity index (χ1) is 6.99. The minimum absolute atomic E-state index is 0.158. The monoisotopic (exact) mass is 214 g/mol. The maximum absolute atomic E-state index is 11.3. The van der Waals surface area contributed by atoms with Gasteiger partial charge in [-0.3, -0.25) is 0 Å². The van der Waals surface area contributed by atoms with Gasteiger partial charge < -0.3 is 9.47 Å². The van der Waals surface area contributed by atoms with Crippen LogP contribution in [0.25, 0.3) is 0 Å². The highest BCUT2D eigenvalue weighted by atomic mass is 16.7. The van der Waals surface area contributed by atoms with E-state index >= 15 is 0 Å².